The molecule has 8 heteroatoms. The van der Waals surface area contributed by atoms with Crippen LogP contribution < -0.4 is 15.1 Å². The van der Waals surface area contributed by atoms with E-state index in [4.69, 9.17) is 20.8 Å². The number of anilines is 1. The van der Waals surface area contributed by atoms with Crippen LogP contribution in [0.15, 0.2) is 75.9 Å². The van der Waals surface area contributed by atoms with Gasteiger partial charge in [0.1, 0.15) is 17.9 Å². The van der Waals surface area contributed by atoms with Crippen molar-refractivity contribution < 1.29 is 13.9 Å². The van der Waals surface area contributed by atoms with Crippen molar-refractivity contribution in [2.75, 3.05) is 11.5 Å². The van der Waals surface area contributed by atoms with Gasteiger partial charge < -0.3 is 9.15 Å². The number of amides is 1. The predicted molar refractivity (Wildman–Crippen MR) is 120 cm³/mol. The van der Waals surface area contributed by atoms with Crippen LogP contribution in [0.25, 0.3) is 11.0 Å². The van der Waals surface area contributed by atoms with E-state index in [-0.39, 0.29) is 16.8 Å². The van der Waals surface area contributed by atoms with E-state index in [9.17, 15) is 9.59 Å². The number of carbonyl (C=O) groups excluding carboxylic acids is 1. The number of benzene rings is 2. The van der Waals surface area contributed by atoms with Gasteiger partial charge >= 0.3 is 0 Å². The molecule has 0 aliphatic carbocycles. The van der Waals surface area contributed by atoms with Gasteiger partial charge in [-0.15, -0.1) is 11.3 Å². The van der Waals surface area contributed by atoms with Crippen LogP contribution in [0.2, 0.25) is 5.02 Å². The fourth-order valence-electron chi connectivity index (χ4n) is 3.69. The first-order valence-corrected chi connectivity index (χ1v) is 10.7. The summed E-state index contributed by atoms with van der Waals surface area (Å²) >= 11 is 7.42. The van der Waals surface area contributed by atoms with Crippen LogP contribution in [-0.4, -0.2) is 17.5 Å². The lowest BCUT2D eigenvalue weighted by molar-refractivity contribution is 0.0971. The van der Waals surface area contributed by atoms with Crippen molar-refractivity contribution >= 4 is 44.9 Å². The lowest BCUT2D eigenvalue weighted by Crippen LogP contribution is -2.29. The Morgan fingerprint density at radius 1 is 1.23 bits per heavy atom. The Morgan fingerprint density at radius 3 is 2.74 bits per heavy atom. The summed E-state index contributed by atoms with van der Waals surface area (Å²) in [5.41, 5.74) is 1.04. The molecule has 0 saturated carbocycles. The van der Waals surface area contributed by atoms with Gasteiger partial charge in [-0.1, -0.05) is 36.4 Å². The largest absolute Gasteiger partial charge is 0.490 e. The van der Waals surface area contributed by atoms with Crippen molar-refractivity contribution in [2.45, 2.75) is 6.04 Å². The van der Waals surface area contributed by atoms with Crippen LogP contribution in [0.3, 0.4) is 0 Å². The first-order valence-electron chi connectivity index (χ1n) is 9.41. The molecule has 1 atom stereocenters. The molecule has 1 aliphatic rings. The van der Waals surface area contributed by atoms with Gasteiger partial charge in [-0.2, -0.15) is 0 Å². The molecule has 5 rings (SSSR count). The summed E-state index contributed by atoms with van der Waals surface area (Å²) in [5, 5.41) is 3.01. The van der Waals surface area contributed by atoms with E-state index in [2.05, 4.69) is 11.6 Å². The summed E-state index contributed by atoms with van der Waals surface area (Å²) < 4.78 is 11.5. The van der Waals surface area contributed by atoms with E-state index in [1.54, 1.807) is 48.0 Å². The van der Waals surface area contributed by atoms with Crippen molar-refractivity contribution in [1.29, 1.82) is 0 Å². The van der Waals surface area contributed by atoms with Gasteiger partial charge in [0.25, 0.3) is 5.91 Å². The quantitative estimate of drug-likeness (QED) is 0.390. The van der Waals surface area contributed by atoms with E-state index in [0.29, 0.717) is 33.5 Å². The lowest BCUT2D eigenvalue weighted by Gasteiger charge is -2.22. The molecule has 3 heterocycles. The van der Waals surface area contributed by atoms with Gasteiger partial charge in [0, 0.05) is 16.6 Å². The highest BCUT2D eigenvalue weighted by atomic mass is 35.5. The number of hydrogen-bond acceptors (Lipinski definition) is 6. The number of hydrogen-bond donors (Lipinski definition) is 0. The minimum atomic E-state index is -0.679. The molecule has 154 valence electrons. The zero-order chi connectivity index (χ0) is 21.5. The second kappa shape index (κ2) is 7.68. The first-order chi connectivity index (χ1) is 15.1. The molecular weight excluding hydrogens is 436 g/mol. The number of thiazole rings is 1. The fourth-order valence-corrected chi connectivity index (χ4v) is 4.53. The van der Waals surface area contributed by atoms with E-state index >= 15 is 0 Å². The third kappa shape index (κ3) is 3.22. The maximum Gasteiger partial charge on any atom is 0.297 e. The monoisotopic (exact) mass is 450 g/mol. The Labute approximate surface area is 186 Å². The van der Waals surface area contributed by atoms with Gasteiger partial charge in [-0.05, 0) is 35.9 Å². The summed E-state index contributed by atoms with van der Waals surface area (Å²) in [4.78, 5) is 32.6. The first kappa shape index (κ1) is 19.5. The molecule has 1 amide bonds. The number of aromatic nitrogens is 1. The average molecular weight is 451 g/mol. The van der Waals surface area contributed by atoms with Crippen molar-refractivity contribution in [2.24, 2.45) is 0 Å². The minimum absolute atomic E-state index is 0.0204. The predicted octanol–water partition coefficient (Wildman–Crippen LogP) is 5.22. The maximum absolute atomic E-state index is 13.5. The lowest BCUT2D eigenvalue weighted by atomic mass is 9.98. The van der Waals surface area contributed by atoms with Gasteiger partial charge in [-0.25, -0.2) is 4.98 Å². The normalized spacial score (nSPS) is 15.3. The molecule has 4 aromatic rings. The molecule has 0 radical (unpaired) electrons. The number of nitrogens with zero attached hydrogens (tertiary/aromatic N) is 2. The Balaban J connectivity index is 1.72. The van der Waals surface area contributed by atoms with Gasteiger partial charge in [0.15, 0.2) is 10.6 Å². The SMILES string of the molecule is C=CCOc1ccc([C@@H]2c3c(oc4ccc(Cl)cc4c3=O)C(=O)N2c2nccs2)cc1. The van der Waals surface area contributed by atoms with Gasteiger partial charge in [-0.3, -0.25) is 14.5 Å². The van der Waals surface area contributed by atoms with Crippen molar-refractivity contribution in [3.63, 3.8) is 0 Å². The summed E-state index contributed by atoms with van der Waals surface area (Å²) in [7, 11) is 0. The highest BCUT2D eigenvalue weighted by Crippen LogP contribution is 2.42. The third-order valence-electron chi connectivity index (χ3n) is 5.02. The Bertz CT molecular complexity index is 1360. The van der Waals surface area contributed by atoms with Gasteiger partial charge in [0.2, 0.25) is 5.76 Å². The molecule has 0 saturated heterocycles. The highest BCUT2D eigenvalue weighted by Gasteiger charge is 2.44. The smallest absolute Gasteiger partial charge is 0.297 e. The summed E-state index contributed by atoms with van der Waals surface area (Å²) in [6.45, 7) is 4.02. The molecule has 2 aromatic carbocycles. The third-order valence-corrected chi connectivity index (χ3v) is 6.03. The molecule has 0 N–H and O–H groups in total. The average Bonchev–Trinajstić information content (AvgIpc) is 3.40. The van der Waals surface area contributed by atoms with E-state index in [1.165, 1.54) is 16.2 Å². The molecule has 0 spiro atoms. The van der Waals surface area contributed by atoms with Crippen LogP contribution in [-0.2, 0) is 0 Å². The summed E-state index contributed by atoms with van der Waals surface area (Å²) in [6, 6.07) is 11.3. The Kier molecular flexibility index (Phi) is 4.84. The molecular formula is C23H15ClN2O4S. The topological polar surface area (TPSA) is 72.6 Å². The molecule has 0 unspecified atom stereocenters. The second-order valence-corrected chi connectivity index (χ2v) is 8.19. The number of rotatable bonds is 5. The van der Waals surface area contributed by atoms with Crippen LogP contribution in [0.4, 0.5) is 5.13 Å². The maximum atomic E-state index is 13.5. The van der Waals surface area contributed by atoms with Crippen molar-refractivity contribution in [1.82, 2.24) is 4.98 Å². The Morgan fingerprint density at radius 2 is 2.03 bits per heavy atom. The van der Waals surface area contributed by atoms with Crippen LogP contribution in [0.5, 0.6) is 5.75 Å². The van der Waals surface area contributed by atoms with E-state index in [1.807, 2.05) is 12.1 Å². The van der Waals surface area contributed by atoms with Crippen molar-refractivity contribution in [3.05, 3.63) is 98.8 Å². The molecule has 6 nitrogen and oxygen atoms in total. The fraction of sp³-hybridized carbons (Fsp3) is 0.0870. The second-order valence-electron chi connectivity index (χ2n) is 6.88. The minimum Gasteiger partial charge on any atom is -0.490 e. The number of fused-ring (bicyclic) bond motifs is 2. The molecule has 2 aromatic heterocycles. The summed E-state index contributed by atoms with van der Waals surface area (Å²) in [5.74, 6) is 0.272. The Hall–Kier alpha value is -3.42. The number of halogens is 1. The zero-order valence-electron chi connectivity index (χ0n) is 16.1. The van der Waals surface area contributed by atoms with E-state index < -0.39 is 11.9 Å². The highest BCUT2D eigenvalue weighted by molar-refractivity contribution is 7.13. The molecule has 1 aliphatic heterocycles. The molecule has 0 bridgehead atoms. The zero-order valence-corrected chi connectivity index (χ0v) is 17.7. The van der Waals surface area contributed by atoms with E-state index in [0.717, 1.165) is 5.56 Å². The number of carbonyl (C=O) groups is 1. The number of ether oxygens (including phenoxy) is 1. The molecule has 0 fully saturated rings. The van der Waals surface area contributed by atoms with Gasteiger partial charge in [0.05, 0.1) is 17.0 Å². The standard InChI is InChI=1S/C23H15ClN2O4S/c1-2-10-29-15-6-3-13(4-7-15)19-18-20(27)16-12-14(24)5-8-17(16)30-21(18)22(28)26(19)23-25-9-11-31-23/h2-9,11-12,19H,1,10H2/t19-/m1/s1. The van der Waals surface area contributed by atoms with Crippen molar-refractivity contribution in [3.8, 4) is 5.75 Å². The van der Waals surface area contributed by atoms with Crippen LogP contribution >= 0.6 is 22.9 Å². The van der Waals surface area contributed by atoms with Crippen LogP contribution in [0.1, 0.15) is 27.7 Å². The van der Waals surface area contributed by atoms with Crippen LogP contribution in [0, 0.1) is 0 Å². The molecule has 31 heavy (non-hydrogen) atoms. The summed E-state index contributed by atoms with van der Waals surface area (Å²) in [6.07, 6.45) is 3.27.